The number of fused-ring (bicyclic) bond motifs is 1. The lowest BCUT2D eigenvalue weighted by Crippen LogP contribution is -2.16. The first-order valence-corrected chi connectivity index (χ1v) is 12.6. The van der Waals surface area contributed by atoms with E-state index in [4.69, 9.17) is 0 Å². The van der Waals surface area contributed by atoms with Crippen LogP contribution in [0.1, 0.15) is 35.7 Å². The molecule has 0 radical (unpaired) electrons. The maximum atomic E-state index is 13.5. The highest BCUT2D eigenvalue weighted by molar-refractivity contribution is 7.90. The van der Waals surface area contributed by atoms with Gasteiger partial charge in [0, 0.05) is 31.2 Å². The molecule has 1 aromatic carbocycles. The Morgan fingerprint density at radius 1 is 1.06 bits per heavy atom. The summed E-state index contributed by atoms with van der Waals surface area (Å²) in [5, 5.41) is 3.70. The predicted molar refractivity (Wildman–Crippen MR) is 131 cm³/mol. The first-order chi connectivity index (χ1) is 17.2. The Morgan fingerprint density at radius 3 is 2.44 bits per heavy atom. The van der Waals surface area contributed by atoms with Crippen molar-refractivity contribution in [2.75, 3.05) is 5.32 Å². The van der Waals surface area contributed by atoms with Crippen molar-refractivity contribution in [3.8, 4) is 0 Å². The van der Waals surface area contributed by atoms with E-state index in [2.05, 4.69) is 30.2 Å². The number of aryl methyl sites for hydroxylation is 2. The van der Waals surface area contributed by atoms with Crippen LogP contribution in [0.2, 0.25) is 0 Å². The molecule has 0 unspecified atom stereocenters. The van der Waals surface area contributed by atoms with E-state index < -0.39 is 21.9 Å². The van der Waals surface area contributed by atoms with Gasteiger partial charge >= 0.3 is 0 Å². The molecule has 0 spiro atoms. The van der Waals surface area contributed by atoms with Crippen molar-refractivity contribution in [1.82, 2.24) is 33.5 Å². The molecular formula is C24H23FN8O2S. The summed E-state index contributed by atoms with van der Waals surface area (Å²) in [6.07, 6.45) is 7.56. The second kappa shape index (κ2) is 9.11. The molecule has 0 fully saturated rings. The van der Waals surface area contributed by atoms with Crippen LogP contribution in [0.15, 0.2) is 66.3 Å². The number of anilines is 1. The molecule has 4 heterocycles. The number of hydrogen-bond acceptors (Lipinski definition) is 8. The molecule has 12 heteroatoms. The van der Waals surface area contributed by atoms with Crippen LogP contribution in [0, 0.1) is 12.7 Å². The first kappa shape index (κ1) is 23.5. The summed E-state index contributed by atoms with van der Waals surface area (Å²) in [4.78, 5) is 21.7. The highest BCUT2D eigenvalue weighted by Crippen LogP contribution is 2.26. The molecule has 4 aromatic heterocycles. The van der Waals surface area contributed by atoms with Gasteiger partial charge in [-0.05, 0) is 32.0 Å². The topological polar surface area (TPSA) is 120 Å². The zero-order chi connectivity index (χ0) is 25.4. The Labute approximate surface area is 207 Å². The molecule has 1 atom stereocenters. The predicted octanol–water partition coefficient (Wildman–Crippen LogP) is 3.40. The minimum absolute atomic E-state index is 0.151. The lowest BCUT2D eigenvalue weighted by molar-refractivity contribution is 0.588. The van der Waals surface area contributed by atoms with E-state index in [0.29, 0.717) is 23.3 Å². The second-order valence-corrected chi connectivity index (χ2v) is 10.3. The Balaban J connectivity index is 1.61. The standard InChI is InChI=1S/C24H23FN8O2S/c1-15-4-6-19(7-5-15)36(34,35)33-9-8-20-21(10-18-13-32(3)14-28-18)30-24(31-23(20)33)29-16(2)22-26-11-17(25)12-27-22/h4-9,11-14,16H,10H2,1-3H3,(H,29,30,31)/t16-/m0/s1. The van der Waals surface area contributed by atoms with E-state index in [1.807, 2.05) is 24.7 Å². The Kier molecular flexibility index (Phi) is 5.96. The van der Waals surface area contributed by atoms with Crippen molar-refractivity contribution in [3.05, 3.63) is 90.0 Å². The van der Waals surface area contributed by atoms with Gasteiger partial charge in [0.1, 0.15) is 5.82 Å². The number of aromatic nitrogens is 7. The van der Waals surface area contributed by atoms with Crippen LogP contribution in [-0.4, -0.2) is 41.9 Å². The van der Waals surface area contributed by atoms with Crippen molar-refractivity contribution in [1.29, 1.82) is 0 Å². The summed E-state index contributed by atoms with van der Waals surface area (Å²) < 4.78 is 43.2. The summed E-state index contributed by atoms with van der Waals surface area (Å²) in [6.45, 7) is 3.67. The number of benzene rings is 1. The lowest BCUT2D eigenvalue weighted by Gasteiger charge is -2.14. The Morgan fingerprint density at radius 2 is 1.78 bits per heavy atom. The SMILES string of the molecule is Cc1ccc(S(=O)(=O)n2ccc3c(Cc4cn(C)cn4)nc(N[C@@H](C)c4ncc(F)cn4)nc32)cc1. The number of nitrogens with one attached hydrogen (secondary N) is 1. The molecule has 0 aliphatic heterocycles. The minimum atomic E-state index is -3.91. The van der Waals surface area contributed by atoms with E-state index in [9.17, 15) is 12.8 Å². The van der Waals surface area contributed by atoms with Gasteiger partial charge in [-0.3, -0.25) is 0 Å². The van der Waals surface area contributed by atoms with Gasteiger partial charge in [0.15, 0.2) is 11.5 Å². The van der Waals surface area contributed by atoms with E-state index in [1.165, 1.54) is 6.20 Å². The quantitative estimate of drug-likeness (QED) is 0.357. The number of hydrogen-bond donors (Lipinski definition) is 1. The molecule has 0 bridgehead atoms. The number of imidazole rings is 1. The van der Waals surface area contributed by atoms with Crippen LogP contribution >= 0.6 is 0 Å². The van der Waals surface area contributed by atoms with Crippen molar-refractivity contribution in [3.63, 3.8) is 0 Å². The largest absolute Gasteiger partial charge is 0.344 e. The molecule has 0 amide bonds. The van der Waals surface area contributed by atoms with E-state index >= 15 is 0 Å². The molecule has 36 heavy (non-hydrogen) atoms. The number of rotatable bonds is 7. The fourth-order valence-corrected chi connectivity index (χ4v) is 5.10. The number of nitrogens with zero attached hydrogens (tertiary/aromatic N) is 7. The maximum Gasteiger partial charge on any atom is 0.269 e. The molecule has 5 rings (SSSR count). The molecule has 0 saturated carbocycles. The Hall–Kier alpha value is -4.19. The Bertz CT molecular complexity index is 1640. The molecule has 0 saturated heterocycles. The van der Waals surface area contributed by atoms with E-state index in [1.54, 1.807) is 43.6 Å². The monoisotopic (exact) mass is 506 g/mol. The summed E-state index contributed by atoms with van der Waals surface area (Å²) in [6, 6.07) is 7.85. The molecule has 0 aliphatic rings. The highest BCUT2D eigenvalue weighted by atomic mass is 32.2. The average Bonchev–Trinajstić information content (AvgIpc) is 3.46. The second-order valence-electron chi connectivity index (χ2n) is 8.49. The van der Waals surface area contributed by atoms with Gasteiger partial charge in [-0.15, -0.1) is 0 Å². The summed E-state index contributed by atoms with van der Waals surface area (Å²) in [7, 11) is -2.05. The average molecular weight is 507 g/mol. The first-order valence-electron chi connectivity index (χ1n) is 11.1. The molecule has 10 nitrogen and oxygen atoms in total. The van der Waals surface area contributed by atoms with Crippen LogP contribution in [-0.2, 0) is 23.5 Å². The van der Waals surface area contributed by atoms with Gasteiger partial charge in [-0.2, -0.15) is 4.98 Å². The molecular weight excluding hydrogens is 483 g/mol. The lowest BCUT2D eigenvalue weighted by atomic mass is 10.2. The van der Waals surface area contributed by atoms with Crippen molar-refractivity contribution < 1.29 is 12.8 Å². The molecule has 0 aliphatic carbocycles. The summed E-state index contributed by atoms with van der Waals surface area (Å²) >= 11 is 0. The van der Waals surface area contributed by atoms with Gasteiger partial charge in [0.25, 0.3) is 10.0 Å². The number of halogens is 1. The molecule has 5 aromatic rings. The zero-order valence-electron chi connectivity index (χ0n) is 19.8. The van der Waals surface area contributed by atoms with Crippen LogP contribution in [0.5, 0.6) is 0 Å². The normalized spacial score (nSPS) is 12.7. The van der Waals surface area contributed by atoms with Crippen LogP contribution in [0.3, 0.4) is 0 Å². The summed E-state index contributed by atoms with van der Waals surface area (Å²) in [5.41, 5.74) is 2.56. The van der Waals surface area contributed by atoms with Crippen molar-refractivity contribution >= 4 is 27.0 Å². The van der Waals surface area contributed by atoms with Gasteiger partial charge in [-0.1, -0.05) is 17.7 Å². The highest BCUT2D eigenvalue weighted by Gasteiger charge is 2.23. The van der Waals surface area contributed by atoms with Gasteiger partial charge in [-0.25, -0.2) is 36.7 Å². The fraction of sp³-hybridized carbons (Fsp3) is 0.208. The zero-order valence-corrected chi connectivity index (χ0v) is 20.6. The van der Waals surface area contributed by atoms with Gasteiger partial charge < -0.3 is 9.88 Å². The third kappa shape index (κ3) is 4.54. The van der Waals surface area contributed by atoms with Gasteiger partial charge in [0.2, 0.25) is 5.95 Å². The van der Waals surface area contributed by atoms with Crippen molar-refractivity contribution in [2.24, 2.45) is 7.05 Å². The fourth-order valence-electron chi connectivity index (χ4n) is 3.81. The van der Waals surface area contributed by atoms with Crippen LogP contribution in [0.4, 0.5) is 10.3 Å². The molecule has 184 valence electrons. The van der Waals surface area contributed by atoms with Crippen molar-refractivity contribution in [2.45, 2.75) is 31.2 Å². The van der Waals surface area contributed by atoms with Crippen LogP contribution in [0.25, 0.3) is 11.0 Å². The third-order valence-electron chi connectivity index (χ3n) is 5.65. The summed E-state index contributed by atoms with van der Waals surface area (Å²) in [5.74, 6) is -0.0117. The van der Waals surface area contributed by atoms with E-state index in [0.717, 1.165) is 27.6 Å². The van der Waals surface area contributed by atoms with Crippen LogP contribution < -0.4 is 5.32 Å². The molecule has 1 N–H and O–H groups in total. The van der Waals surface area contributed by atoms with E-state index in [-0.39, 0.29) is 16.5 Å². The third-order valence-corrected chi connectivity index (χ3v) is 7.33. The van der Waals surface area contributed by atoms with Gasteiger partial charge in [0.05, 0.1) is 41.0 Å². The minimum Gasteiger partial charge on any atom is -0.344 e. The smallest absolute Gasteiger partial charge is 0.269 e. The maximum absolute atomic E-state index is 13.5.